The van der Waals surface area contributed by atoms with Crippen LogP contribution in [0.15, 0.2) is 23.7 Å². The minimum Gasteiger partial charge on any atom is -0.399 e. The van der Waals surface area contributed by atoms with Gasteiger partial charge in [-0.1, -0.05) is 0 Å². The van der Waals surface area contributed by atoms with Gasteiger partial charge in [0.25, 0.3) is 0 Å². The lowest BCUT2D eigenvalue weighted by molar-refractivity contribution is 0.552. The van der Waals surface area contributed by atoms with Gasteiger partial charge in [-0.15, -0.1) is 11.3 Å². The van der Waals surface area contributed by atoms with E-state index >= 15 is 0 Å². The Kier molecular flexibility index (Phi) is 3.21. The molecule has 0 unspecified atom stereocenters. The smallest absolute Gasteiger partial charge is 0.151 e. The second kappa shape index (κ2) is 4.53. The second-order valence-corrected chi connectivity index (χ2v) is 5.34. The standard InChI is InChI=1S/C12H13F2N3S/c1-12(2,11-16-3-4-18-11)17-10-8(13)5-7(15)6-9(10)14/h3-6,17H,15H2,1-2H3. The average molecular weight is 269 g/mol. The zero-order chi connectivity index (χ0) is 13.3. The van der Waals surface area contributed by atoms with Crippen LogP contribution in [0.4, 0.5) is 20.2 Å². The molecule has 2 aromatic rings. The lowest BCUT2D eigenvalue weighted by Gasteiger charge is -2.25. The predicted octanol–water partition coefficient (Wildman–Crippen LogP) is 3.35. The molecule has 0 aliphatic rings. The first-order valence-electron chi connectivity index (χ1n) is 5.33. The van der Waals surface area contributed by atoms with E-state index in [1.807, 2.05) is 5.38 Å². The number of hydrogen-bond acceptors (Lipinski definition) is 4. The molecule has 3 N–H and O–H groups in total. The van der Waals surface area contributed by atoms with Crippen LogP contribution in [0, 0.1) is 11.6 Å². The number of halogens is 2. The highest BCUT2D eigenvalue weighted by atomic mass is 32.1. The molecule has 6 heteroatoms. The third-order valence-electron chi connectivity index (χ3n) is 2.47. The van der Waals surface area contributed by atoms with Gasteiger partial charge < -0.3 is 11.1 Å². The third kappa shape index (κ3) is 2.43. The van der Waals surface area contributed by atoms with E-state index in [2.05, 4.69) is 10.3 Å². The summed E-state index contributed by atoms with van der Waals surface area (Å²) in [6, 6.07) is 2.17. The normalized spacial score (nSPS) is 11.6. The van der Waals surface area contributed by atoms with E-state index in [9.17, 15) is 8.78 Å². The van der Waals surface area contributed by atoms with Crippen molar-refractivity contribution in [3.05, 3.63) is 40.4 Å². The van der Waals surface area contributed by atoms with E-state index in [-0.39, 0.29) is 11.4 Å². The minimum atomic E-state index is -0.711. The summed E-state index contributed by atoms with van der Waals surface area (Å²) >= 11 is 1.42. The summed E-state index contributed by atoms with van der Waals surface area (Å²) in [6.45, 7) is 3.61. The molecule has 0 bridgehead atoms. The maximum atomic E-state index is 13.7. The lowest BCUT2D eigenvalue weighted by Crippen LogP contribution is -2.28. The first-order chi connectivity index (χ1) is 8.40. The van der Waals surface area contributed by atoms with Crippen molar-refractivity contribution >= 4 is 22.7 Å². The Morgan fingerprint density at radius 2 is 1.89 bits per heavy atom. The molecule has 0 aliphatic heterocycles. The molecule has 3 nitrogen and oxygen atoms in total. The number of benzene rings is 1. The summed E-state index contributed by atoms with van der Waals surface area (Å²) in [5.41, 5.74) is 4.58. The van der Waals surface area contributed by atoms with Crippen molar-refractivity contribution in [2.45, 2.75) is 19.4 Å². The number of hydrogen-bond donors (Lipinski definition) is 2. The number of aromatic nitrogens is 1. The Morgan fingerprint density at radius 1 is 1.28 bits per heavy atom. The number of nitrogen functional groups attached to an aromatic ring is 1. The largest absolute Gasteiger partial charge is 0.399 e. The Labute approximate surface area is 108 Å². The number of rotatable bonds is 3. The van der Waals surface area contributed by atoms with E-state index < -0.39 is 17.2 Å². The summed E-state index contributed by atoms with van der Waals surface area (Å²) in [5, 5.41) is 5.39. The minimum absolute atomic E-state index is 0.0580. The topological polar surface area (TPSA) is 50.9 Å². The van der Waals surface area contributed by atoms with Crippen LogP contribution < -0.4 is 11.1 Å². The molecule has 0 atom stereocenters. The van der Waals surface area contributed by atoms with Gasteiger partial charge in [0.1, 0.15) is 10.7 Å². The molecule has 0 fully saturated rings. The van der Waals surface area contributed by atoms with Crippen LogP contribution in [-0.2, 0) is 5.54 Å². The molecular weight excluding hydrogens is 256 g/mol. The van der Waals surface area contributed by atoms with Crippen LogP contribution in [0.3, 0.4) is 0 Å². The average Bonchev–Trinajstić information content (AvgIpc) is 2.77. The van der Waals surface area contributed by atoms with Crippen LogP contribution in [0.1, 0.15) is 18.9 Å². The van der Waals surface area contributed by atoms with Gasteiger partial charge >= 0.3 is 0 Å². The maximum Gasteiger partial charge on any atom is 0.151 e. The summed E-state index contributed by atoms with van der Waals surface area (Å²) < 4.78 is 27.4. The van der Waals surface area contributed by atoms with E-state index in [4.69, 9.17) is 5.73 Å². The highest BCUT2D eigenvalue weighted by Crippen LogP contribution is 2.30. The fourth-order valence-electron chi connectivity index (χ4n) is 1.61. The monoisotopic (exact) mass is 269 g/mol. The number of nitrogens with two attached hydrogens (primary N) is 1. The van der Waals surface area contributed by atoms with Gasteiger partial charge in [0.2, 0.25) is 0 Å². The molecule has 0 amide bonds. The van der Waals surface area contributed by atoms with Gasteiger partial charge in [0, 0.05) is 17.3 Å². The Morgan fingerprint density at radius 3 is 2.39 bits per heavy atom. The zero-order valence-corrected chi connectivity index (χ0v) is 10.8. The molecule has 0 radical (unpaired) electrons. The highest BCUT2D eigenvalue weighted by molar-refractivity contribution is 7.09. The van der Waals surface area contributed by atoms with Crippen LogP contribution in [0.25, 0.3) is 0 Å². The molecular formula is C12H13F2N3S. The molecule has 96 valence electrons. The Balaban J connectivity index is 2.35. The van der Waals surface area contributed by atoms with Crippen LogP contribution in [0.5, 0.6) is 0 Å². The number of nitrogens with zero attached hydrogens (tertiary/aromatic N) is 1. The van der Waals surface area contributed by atoms with E-state index in [1.54, 1.807) is 20.0 Å². The fourth-order valence-corrected chi connectivity index (χ4v) is 2.33. The summed E-state index contributed by atoms with van der Waals surface area (Å²) in [7, 11) is 0. The SMILES string of the molecule is CC(C)(Nc1c(F)cc(N)cc1F)c1nccs1. The van der Waals surface area contributed by atoms with Crippen molar-refractivity contribution in [1.29, 1.82) is 0 Å². The molecule has 2 rings (SSSR count). The van der Waals surface area contributed by atoms with Crippen LogP contribution in [0.2, 0.25) is 0 Å². The van der Waals surface area contributed by atoms with Crippen molar-refractivity contribution in [3.63, 3.8) is 0 Å². The lowest BCUT2D eigenvalue weighted by atomic mass is 10.1. The molecule has 1 heterocycles. The third-order valence-corrected chi connectivity index (χ3v) is 3.57. The fraction of sp³-hybridized carbons (Fsp3) is 0.250. The van der Waals surface area contributed by atoms with Crippen molar-refractivity contribution in [2.75, 3.05) is 11.1 Å². The summed E-state index contributed by atoms with van der Waals surface area (Å²) in [4.78, 5) is 4.15. The molecule has 1 aromatic heterocycles. The molecule has 0 aliphatic carbocycles. The van der Waals surface area contributed by atoms with Crippen molar-refractivity contribution in [2.24, 2.45) is 0 Å². The molecule has 0 saturated heterocycles. The highest BCUT2D eigenvalue weighted by Gasteiger charge is 2.26. The number of nitrogens with one attached hydrogen (secondary N) is 1. The van der Waals surface area contributed by atoms with Crippen LogP contribution >= 0.6 is 11.3 Å². The van der Waals surface area contributed by atoms with Gasteiger partial charge in [0.05, 0.1) is 5.54 Å². The quantitative estimate of drug-likeness (QED) is 0.840. The van der Waals surface area contributed by atoms with Gasteiger partial charge in [0.15, 0.2) is 11.6 Å². The molecule has 0 spiro atoms. The van der Waals surface area contributed by atoms with Crippen LogP contribution in [-0.4, -0.2) is 4.98 Å². The van der Waals surface area contributed by atoms with E-state index in [0.717, 1.165) is 17.1 Å². The van der Waals surface area contributed by atoms with Gasteiger partial charge in [-0.3, -0.25) is 0 Å². The molecule has 0 saturated carbocycles. The van der Waals surface area contributed by atoms with Crippen molar-refractivity contribution in [1.82, 2.24) is 4.98 Å². The van der Waals surface area contributed by atoms with Gasteiger partial charge in [-0.2, -0.15) is 0 Å². The van der Waals surface area contributed by atoms with E-state index in [1.165, 1.54) is 11.3 Å². The second-order valence-electron chi connectivity index (χ2n) is 4.45. The Bertz CT molecular complexity index is 529. The predicted molar refractivity (Wildman–Crippen MR) is 69.5 cm³/mol. The Hall–Kier alpha value is -1.69. The summed E-state index contributed by atoms with van der Waals surface area (Å²) in [5.74, 6) is -1.42. The van der Waals surface area contributed by atoms with Gasteiger partial charge in [-0.25, -0.2) is 13.8 Å². The van der Waals surface area contributed by atoms with Crippen molar-refractivity contribution < 1.29 is 8.78 Å². The van der Waals surface area contributed by atoms with Crippen molar-refractivity contribution in [3.8, 4) is 0 Å². The summed E-state index contributed by atoms with van der Waals surface area (Å²) in [6.07, 6.45) is 1.65. The zero-order valence-electron chi connectivity index (χ0n) is 10.00. The maximum absolute atomic E-state index is 13.7. The molecule has 18 heavy (non-hydrogen) atoms. The number of anilines is 2. The number of thiazole rings is 1. The first-order valence-corrected chi connectivity index (χ1v) is 6.21. The first kappa shape index (κ1) is 12.8. The van der Waals surface area contributed by atoms with Gasteiger partial charge in [-0.05, 0) is 26.0 Å². The van der Waals surface area contributed by atoms with E-state index in [0.29, 0.717) is 0 Å². The molecule has 1 aromatic carbocycles.